The van der Waals surface area contributed by atoms with E-state index in [-0.39, 0.29) is 42.7 Å². The monoisotopic (exact) mass is 414 g/mol. The van der Waals surface area contributed by atoms with Gasteiger partial charge in [-0.1, -0.05) is 58.7 Å². The number of hydrogen-bond acceptors (Lipinski definition) is 4. The highest BCUT2D eigenvalue weighted by Gasteiger charge is 2.39. The molecule has 0 bridgehead atoms. The average Bonchev–Trinajstić information content (AvgIpc) is 3.35. The first-order chi connectivity index (χ1) is 14.3. The number of carbonyl (C=O) groups excluding carboxylic acids is 3. The molecule has 1 saturated heterocycles. The van der Waals surface area contributed by atoms with Crippen molar-refractivity contribution in [3.05, 3.63) is 29.3 Å². The van der Waals surface area contributed by atoms with Gasteiger partial charge in [0.25, 0.3) is 5.91 Å². The van der Waals surface area contributed by atoms with Crippen LogP contribution in [-0.2, 0) is 19.1 Å². The van der Waals surface area contributed by atoms with Crippen LogP contribution in [0.15, 0.2) is 18.2 Å². The van der Waals surface area contributed by atoms with Crippen LogP contribution in [-0.4, -0.2) is 41.9 Å². The van der Waals surface area contributed by atoms with Crippen molar-refractivity contribution in [2.75, 3.05) is 18.5 Å². The van der Waals surface area contributed by atoms with Gasteiger partial charge in [0.2, 0.25) is 5.91 Å². The van der Waals surface area contributed by atoms with Crippen molar-refractivity contribution >= 4 is 23.5 Å². The van der Waals surface area contributed by atoms with Crippen LogP contribution in [0.3, 0.4) is 0 Å². The molecule has 2 aliphatic rings. The SMILES string of the molecule is CC(C)c1cccc(C(C)C)c1NC(=O)COC(=O)[C@H]1CC(=O)N(C2CCCC2)C1. The Morgan fingerprint density at radius 2 is 1.70 bits per heavy atom. The predicted octanol–water partition coefficient (Wildman–Crippen LogP) is 4.21. The first-order valence-electron chi connectivity index (χ1n) is 11.2. The van der Waals surface area contributed by atoms with Gasteiger partial charge in [0.1, 0.15) is 0 Å². The number of esters is 1. The van der Waals surface area contributed by atoms with Crippen molar-refractivity contribution in [1.82, 2.24) is 4.90 Å². The summed E-state index contributed by atoms with van der Waals surface area (Å²) in [6.07, 6.45) is 4.50. The van der Waals surface area contributed by atoms with Crippen molar-refractivity contribution in [3.63, 3.8) is 0 Å². The maximum Gasteiger partial charge on any atom is 0.311 e. The van der Waals surface area contributed by atoms with Crippen LogP contribution in [0, 0.1) is 5.92 Å². The lowest BCUT2D eigenvalue weighted by molar-refractivity contribution is -0.151. The Balaban J connectivity index is 1.57. The fourth-order valence-corrected chi connectivity index (χ4v) is 4.58. The van der Waals surface area contributed by atoms with Gasteiger partial charge in [-0.2, -0.15) is 0 Å². The zero-order chi connectivity index (χ0) is 21.8. The Morgan fingerprint density at radius 1 is 1.10 bits per heavy atom. The van der Waals surface area contributed by atoms with Crippen molar-refractivity contribution in [3.8, 4) is 0 Å². The third kappa shape index (κ3) is 5.02. The van der Waals surface area contributed by atoms with Crippen LogP contribution >= 0.6 is 0 Å². The van der Waals surface area contributed by atoms with E-state index >= 15 is 0 Å². The summed E-state index contributed by atoms with van der Waals surface area (Å²) in [7, 11) is 0. The normalized spacial score (nSPS) is 19.7. The van der Waals surface area contributed by atoms with Gasteiger partial charge >= 0.3 is 5.97 Å². The van der Waals surface area contributed by atoms with Gasteiger partial charge in [-0.25, -0.2) is 0 Å². The summed E-state index contributed by atoms with van der Waals surface area (Å²) in [5, 5.41) is 2.96. The number of anilines is 1. The predicted molar refractivity (Wildman–Crippen MR) is 116 cm³/mol. The third-order valence-electron chi connectivity index (χ3n) is 6.24. The number of nitrogens with zero attached hydrogens (tertiary/aromatic N) is 1. The molecule has 1 aromatic carbocycles. The zero-order valence-corrected chi connectivity index (χ0v) is 18.6. The quantitative estimate of drug-likeness (QED) is 0.678. The number of rotatable bonds is 7. The van der Waals surface area contributed by atoms with E-state index in [1.54, 1.807) is 0 Å². The second-order valence-electron chi connectivity index (χ2n) is 9.16. The highest BCUT2D eigenvalue weighted by atomic mass is 16.5. The minimum Gasteiger partial charge on any atom is -0.455 e. The molecule has 1 aliphatic carbocycles. The first kappa shape index (κ1) is 22.3. The number of nitrogens with one attached hydrogen (secondary N) is 1. The molecule has 30 heavy (non-hydrogen) atoms. The summed E-state index contributed by atoms with van der Waals surface area (Å²) in [6.45, 7) is 8.42. The van der Waals surface area contributed by atoms with E-state index in [0.717, 1.165) is 42.5 Å². The number of amides is 2. The van der Waals surface area contributed by atoms with Crippen molar-refractivity contribution in [2.45, 2.75) is 77.7 Å². The molecule has 3 rings (SSSR count). The summed E-state index contributed by atoms with van der Waals surface area (Å²) in [4.78, 5) is 39.2. The number of para-hydroxylation sites is 1. The first-order valence-corrected chi connectivity index (χ1v) is 11.2. The van der Waals surface area contributed by atoms with Gasteiger partial charge in [-0.05, 0) is 35.8 Å². The average molecular weight is 415 g/mol. The number of carbonyl (C=O) groups is 3. The van der Waals surface area contributed by atoms with Crippen LogP contribution in [0.1, 0.15) is 82.8 Å². The van der Waals surface area contributed by atoms with E-state index in [1.807, 2.05) is 23.1 Å². The van der Waals surface area contributed by atoms with Crippen LogP contribution in [0.4, 0.5) is 5.69 Å². The molecule has 2 amide bonds. The van der Waals surface area contributed by atoms with E-state index in [2.05, 4.69) is 33.0 Å². The van der Waals surface area contributed by atoms with E-state index in [0.29, 0.717) is 6.54 Å². The molecule has 1 heterocycles. The summed E-state index contributed by atoms with van der Waals surface area (Å²) < 4.78 is 5.29. The van der Waals surface area contributed by atoms with Gasteiger partial charge in [0.05, 0.1) is 5.92 Å². The van der Waals surface area contributed by atoms with Crippen LogP contribution in [0.2, 0.25) is 0 Å². The van der Waals surface area contributed by atoms with Crippen LogP contribution in [0.25, 0.3) is 0 Å². The maximum absolute atomic E-state index is 12.6. The standard InChI is InChI=1S/C24H34N2O4/c1-15(2)19-10-7-11-20(16(3)4)23(19)25-21(27)14-30-24(29)17-12-22(28)26(13-17)18-8-5-6-9-18/h7,10-11,15-18H,5-6,8-9,12-14H2,1-4H3,(H,25,27)/t17-/m0/s1. The minimum atomic E-state index is -0.472. The van der Waals surface area contributed by atoms with Gasteiger partial charge in [-0.3, -0.25) is 14.4 Å². The number of ether oxygens (including phenoxy) is 1. The summed E-state index contributed by atoms with van der Waals surface area (Å²) in [6, 6.07) is 6.30. The molecular formula is C24H34N2O4. The molecule has 0 aromatic heterocycles. The fourth-order valence-electron chi connectivity index (χ4n) is 4.58. The van der Waals surface area contributed by atoms with E-state index in [4.69, 9.17) is 4.74 Å². The molecule has 1 saturated carbocycles. The van der Waals surface area contributed by atoms with Gasteiger partial charge < -0.3 is 15.0 Å². The summed E-state index contributed by atoms with van der Waals surface area (Å²) in [5.41, 5.74) is 2.94. The van der Waals surface area contributed by atoms with Crippen molar-refractivity contribution in [2.24, 2.45) is 5.92 Å². The lowest BCUT2D eigenvalue weighted by Gasteiger charge is -2.23. The Bertz CT molecular complexity index is 770. The van der Waals surface area contributed by atoms with E-state index in [1.165, 1.54) is 0 Å². The van der Waals surface area contributed by atoms with Crippen molar-refractivity contribution in [1.29, 1.82) is 0 Å². The van der Waals surface area contributed by atoms with Gasteiger partial charge in [0.15, 0.2) is 6.61 Å². The second-order valence-corrected chi connectivity index (χ2v) is 9.16. The molecule has 6 heteroatoms. The smallest absolute Gasteiger partial charge is 0.311 e. The largest absolute Gasteiger partial charge is 0.455 e. The second kappa shape index (κ2) is 9.63. The Labute approximate surface area is 179 Å². The lowest BCUT2D eigenvalue weighted by atomic mass is 9.92. The molecule has 6 nitrogen and oxygen atoms in total. The van der Waals surface area contributed by atoms with Gasteiger partial charge in [0, 0.05) is 24.7 Å². The molecule has 164 valence electrons. The Kier molecular flexibility index (Phi) is 7.16. The van der Waals surface area contributed by atoms with Gasteiger partial charge in [-0.15, -0.1) is 0 Å². The molecule has 2 fully saturated rings. The van der Waals surface area contributed by atoms with E-state index in [9.17, 15) is 14.4 Å². The molecule has 1 N–H and O–H groups in total. The van der Waals surface area contributed by atoms with E-state index < -0.39 is 11.9 Å². The zero-order valence-electron chi connectivity index (χ0n) is 18.6. The summed E-state index contributed by atoms with van der Waals surface area (Å²) in [5.74, 6) is -0.739. The molecule has 1 aromatic rings. The molecular weight excluding hydrogens is 380 g/mol. The number of likely N-dealkylation sites (tertiary alicyclic amines) is 1. The Morgan fingerprint density at radius 3 is 2.27 bits per heavy atom. The fraction of sp³-hybridized carbons (Fsp3) is 0.625. The topological polar surface area (TPSA) is 75.7 Å². The highest BCUT2D eigenvalue weighted by Crippen LogP contribution is 2.32. The molecule has 0 radical (unpaired) electrons. The van der Waals surface area contributed by atoms with Crippen LogP contribution in [0.5, 0.6) is 0 Å². The number of hydrogen-bond donors (Lipinski definition) is 1. The van der Waals surface area contributed by atoms with Crippen LogP contribution < -0.4 is 5.32 Å². The Hall–Kier alpha value is -2.37. The highest BCUT2D eigenvalue weighted by molar-refractivity contribution is 5.95. The number of benzene rings is 1. The lowest BCUT2D eigenvalue weighted by Crippen LogP contribution is -2.35. The molecule has 0 unspecified atom stereocenters. The van der Waals surface area contributed by atoms with Crippen molar-refractivity contribution < 1.29 is 19.1 Å². The molecule has 1 aliphatic heterocycles. The summed E-state index contributed by atoms with van der Waals surface area (Å²) >= 11 is 0. The minimum absolute atomic E-state index is 0.0285. The molecule has 0 spiro atoms. The third-order valence-corrected chi connectivity index (χ3v) is 6.24. The molecule has 1 atom stereocenters. The maximum atomic E-state index is 12.6.